The number of carbonyl (C=O) groups excluding carboxylic acids is 1. The van der Waals surface area contributed by atoms with Gasteiger partial charge in [0.1, 0.15) is 5.76 Å². The highest BCUT2D eigenvalue weighted by Crippen LogP contribution is 2.22. The van der Waals surface area contributed by atoms with Gasteiger partial charge in [-0.1, -0.05) is 34.4 Å². The first-order chi connectivity index (χ1) is 12.5. The molecule has 0 atom stereocenters. The molecule has 138 valence electrons. The Balaban J connectivity index is 1.58. The molecular weight excluding hydrogens is 379 g/mol. The predicted molar refractivity (Wildman–Crippen MR) is 98.9 cm³/mol. The summed E-state index contributed by atoms with van der Waals surface area (Å²) in [4.78, 5) is 19.4. The molecule has 1 fully saturated rings. The van der Waals surface area contributed by atoms with E-state index in [1.54, 1.807) is 42.2 Å². The summed E-state index contributed by atoms with van der Waals surface area (Å²) in [6, 6.07) is 8.50. The van der Waals surface area contributed by atoms with Crippen LogP contribution in [0, 0.1) is 0 Å². The van der Waals surface area contributed by atoms with Gasteiger partial charge in [0.15, 0.2) is 12.4 Å². The molecule has 0 unspecified atom stereocenters. The molecule has 3 rings (SSSR count). The summed E-state index contributed by atoms with van der Waals surface area (Å²) in [5.74, 6) is 0.652. The monoisotopic (exact) mass is 396 g/mol. The third-order valence-electron chi connectivity index (χ3n) is 3.90. The number of hydrogen-bond acceptors (Lipinski definition) is 5. The molecular formula is C18H18Cl2N2O4. The fourth-order valence-corrected chi connectivity index (χ4v) is 3.06. The third kappa shape index (κ3) is 4.58. The van der Waals surface area contributed by atoms with Crippen LogP contribution >= 0.6 is 23.2 Å². The Labute approximate surface area is 161 Å². The molecule has 0 bridgehead atoms. The number of benzene rings is 1. The maximum absolute atomic E-state index is 12.3. The summed E-state index contributed by atoms with van der Waals surface area (Å²) in [6.45, 7) is 4.12. The predicted octanol–water partition coefficient (Wildman–Crippen LogP) is 4.00. The molecule has 1 aliphatic rings. The first kappa shape index (κ1) is 18.8. The number of oxime groups is 1. The zero-order valence-corrected chi connectivity index (χ0v) is 15.7. The SMILES string of the molecule is C/C(=N\OCc1ccc(C(=O)N2CCOCC2)o1)c1ccc(Cl)cc1Cl. The standard InChI is InChI=1S/C18H18Cl2N2O4/c1-12(15-4-2-13(19)10-16(15)20)21-25-11-14-3-5-17(26-14)18(23)22-6-8-24-9-7-22/h2-5,10H,6-9,11H2,1H3/b21-12+. The Hall–Kier alpha value is -2.02. The second-order valence-electron chi connectivity index (χ2n) is 5.74. The number of amides is 1. The lowest BCUT2D eigenvalue weighted by molar-refractivity contribution is 0.0278. The Kier molecular flexibility index (Phi) is 6.19. The lowest BCUT2D eigenvalue weighted by atomic mass is 10.1. The number of halogens is 2. The average Bonchev–Trinajstić information content (AvgIpc) is 3.10. The van der Waals surface area contributed by atoms with Crippen LogP contribution in [0.1, 0.15) is 28.8 Å². The maximum atomic E-state index is 12.3. The molecule has 1 saturated heterocycles. The Morgan fingerprint density at radius 3 is 2.73 bits per heavy atom. The Morgan fingerprint density at radius 2 is 2.00 bits per heavy atom. The number of nitrogens with zero attached hydrogens (tertiary/aromatic N) is 2. The molecule has 8 heteroatoms. The molecule has 1 aromatic carbocycles. The van der Waals surface area contributed by atoms with Crippen molar-refractivity contribution >= 4 is 34.8 Å². The third-order valence-corrected chi connectivity index (χ3v) is 4.45. The van der Waals surface area contributed by atoms with Gasteiger partial charge in [-0.15, -0.1) is 0 Å². The quantitative estimate of drug-likeness (QED) is 0.565. The van der Waals surface area contributed by atoms with Crippen molar-refractivity contribution in [2.24, 2.45) is 5.16 Å². The molecule has 1 amide bonds. The van der Waals surface area contributed by atoms with Crippen LogP contribution in [0.2, 0.25) is 10.0 Å². The van der Waals surface area contributed by atoms with Crippen molar-refractivity contribution in [2.75, 3.05) is 26.3 Å². The summed E-state index contributed by atoms with van der Waals surface area (Å²) < 4.78 is 10.8. The summed E-state index contributed by atoms with van der Waals surface area (Å²) in [5, 5.41) is 5.10. The van der Waals surface area contributed by atoms with Gasteiger partial charge in [0.2, 0.25) is 0 Å². The minimum absolute atomic E-state index is 0.110. The van der Waals surface area contributed by atoms with Crippen molar-refractivity contribution in [3.63, 3.8) is 0 Å². The smallest absolute Gasteiger partial charge is 0.289 e. The van der Waals surface area contributed by atoms with E-state index in [0.29, 0.717) is 47.8 Å². The van der Waals surface area contributed by atoms with Gasteiger partial charge in [0.25, 0.3) is 5.91 Å². The van der Waals surface area contributed by atoms with Crippen LogP contribution in [0.15, 0.2) is 39.9 Å². The van der Waals surface area contributed by atoms with Gasteiger partial charge in [-0.05, 0) is 31.2 Å². The van der Waals surface area contributed by atoms with E-state index in [2.05, 4.69) is 5.16 Å². The van der Waals surface area contributed by atoms with Gasteiger partial charge in [-0.25, -0.2) is 0 Å². The highest BCUT2D eigenvalue weighted by atomic mass is 35.5. The number of carbonyl (C=O) groups is 1. The largest absolute Gasteiger partial charge is 0.452 e. The summed E-state index contributed by atoms with van der Waals surface area (Å²) in [6.07, 6.45) is 0. The first-order valence-electron chi connectivity index (χ1n) is 8.12. The number of hydrogen-bond donors (Lipinski definition) is 0. The lowest BCUT2D eigenvalue weighted by Gasteiger charge is -2.25. The van der Waals surface area contributed by atoms with Crippen LogP contribution in [0.25, 0.3) is 0 Å². The fourth-order valence-electron chi connectivity index (χ4n) is 2.52. The molecule has 1 aromatic heterocycles. The normalized spacial score (nSPS) is 15.2. The number of furan rings is 1. The molecule has 6 nitrogen and oxygen atoms in total. The van der Waals surface area contributed by atoms with Gasteiger partial charge in [0, 0.05) is 23.7 Å². The van der Waals surface area contributed by atoms with Gasteiger partial charge in [0.05, 0.1) is 23.9 Å². The van der Waals surface area contributed by atoms with Crippen molar-refractivity contribution in [3.8, 4) is 0 Å². The van der Waals surface area contributed by atoms with Crippen molar-refractivity contribution < 1.29 is 18.8 Å². The molecule has 0 aliphatic carbocycles. The number of ether oxygens (including phenoxy) is 1. The minimum Gasteiger partial charge on any atom is -0.452 e. The molecule has 2 aromatic rings. The molecule has 0 radical (unpaired) electrons. The zero-order chi connectivity index (χ0) is 18.5. The van der Waals surface area contributed by atoms with Crippen molar-refractivity contribution in [3.05, 3.63) is 57.5 Å². The van der Waals surface area contributed by atoms with Crippen LogP contribution < -0.4 is 0 Å². The van der Waals surface area contributed by atoms with E-state index in [4.69, 9.17) is 37.2 Å². The highest BCUT2D eigenvalue weighted by molar-refractivity contribution is 6.36. The average molecular weight is 397 g/mol. The van der Waals surface area contributed by atoms with Crippen LogP contribution in [-0.2, 0) is 16.2 Å². The van der Waals surface area contributed by atoms with E-state index in [9.17, 15) is 4.79 Å². The molecule has 2 heterocycles. The van der Waals surface area contributed by atoms with E-state index in [1.807, 2.05) is 0 Å². The van der Waals surface area contributed by atoms with Crippen molar-refractivity contribution in [2.45, 2.75) is 13.5 Å². The van der Waals surface area contributed by atoms with Crippen LogP contribution in [0.5, 0.6) is 0 Å². The molecule has 0 saturated carbocycles. The molecule has 26 heavy (non-hydrogen) atoms. The maximum Gasteiger partial charge on any atom is 0.289 e. The lowest BCUT2D eigenvalue weighted by Crippen LogP contribution is -2.40. The molecule has 0 spiro atoms. The van der Waals surface area contributed by atoms with Gasteiger partial charge in [-0.2, -0.15) is 0 Å². The van der Waals surface area contributed by atoms with Gasteiger partial charge < -0.3 is 18.9 Å². The number of morpholine rings is 1. The van der Waals surface area contributed by atoms with E-state index in [0.717, 1.165) is 5.56 Å². The highest BCUT2D eigenvalue weighted by Gasteiger charge is 2.21. The van der Waals surface area contributed by atoms with Crippen LogP contribution in [0.3, 0.4) is 0 Å². The van der Waals surface area contributed by atoms with Gasteiger partial charge >= 0.3 is 0 Å². The van der Waals surface area contributed by atoms with E-state index in [-0.39, 0.29) is 18.3 Å². The molecule has 0 N–H and O–H groups in total. The summed E-state index contributed by atoms with van der Waals surface area (Å²) in [5.41, 5.74) is 1.35. The minimum atomic E-state index is -0.146. The summed E-state index contributed by atoms with van der Waals surface area (Å²) >= 11 is 12.0. The van der Waals surface area contributed by atoms with Crippen molar-refractivity contribution in [1.29, 1.82) is 0 Å². The van der Waals surface area contributed by atoms with Gasteiger partial charge in [-0.3, -0.25) is 4.79 Å². The Bertz CT molecular complexity index is 813. The van der Waals surface area contributed by atoms with Crippen molar-refractivity contribution in [1.82, 2.24) is 4.90 Å². The number of rotatable bonds is 5. The first-order valence-corrected chi connectivity index (χ1v) is 8.88. The second-order valence-corrected chi connectivity index (χ2v) is 6.59. The molecule has 1 aliphatic heterocycles. The van der Waals surface area contributed by atoms with E-state index < -0.39 is 0 Å². The van der Waals surface area contributed by atoms with E-state index in [1.165, 1.54) is 0 Å². The van der Waals surface area contributed by atoms with Crippen LogP contribution in [-0.4, -0.2) is 42.8 Å². The fraction of sp³-hybridized carbons (Fsp3) is 0.333. The summed E-state index contributed by atoms with van der Waals surface area (Å²) in [7, 11) is 0. The van der Waals surface area contributed by atoms with Crippen LogP contribution in [0.4, 0.5) is 0 Å². The van der Waals surface area contributed by atoms with E-state index >= 15 is 0 Å². The topological polar surface area (TPSA) is 64.3 Å². The zero-order valence-electron chi connectivity index (χ0n) is 14.2. The Morgan fingerprint density at radius 1 is 1.23 bits per heavy atom. The second kappa shape index (κ2) is 8.58.